The summed E-state index contributed by atoms with van der Waals surface area (Å²) in [5.74, 6) is -0.320. The van der Waals surface area contributed by atoms with Gasteiger partial charge in [-0.1, -0.05) is 0 Å². The molecule has 0 saturated heterocycles. The first kappa shape index (κ1) is 16.8. The topological polar surface area (TPSA) is 156 Å². The first-order valence-electron chi connectivity index (χ1n) is 5.77. The molecule has 0 radical (unpaired) electrons. The lowest BCUT2D eigenvalue weighted by Crippen LogP contribution is -2.16. The van der Waals surface area contributed by atoms with Crippen molar-refractivity contribution in [3.63, 3.8) is 0 Å². The summed E-state index contributed by atoms with van der Waals surface area (Å²) in [4.78, 5) is 19.8. The highest BCUT2D eigenvalue weighted by molar-refractivity contribution is 7.89. The van der Waals surface area contributed by atoms with Gasteiger partial charge in [0.15, 0.2) is 5.75 Å². The molecule has 0 aromatic heterocycles. The van der Waals surface area contributed by atoms with Gasteiger partial charge in [0.2, 0.25) is 10.0 Å². The number of sulfonamides is 1. The number of nitrogens with zero attached hydrogens (tertiary/aromatic N) is 2. The van der Waals surface area contributed by atoms with E-state index in [2.05, 4.69) is 0 Å². The molecule has 2 N–H and O–H groups in total. The number of hydrogen-bond donors (Lipinski definition) is 1. The van der Waals surface area contributed by atoms with Crippen LogP contribution >= 0.6 is 0 Å². The largest absolute Gasteiger partial charge is 0.487 e. The molecule has 21 heavy (non-hydrogen) atoms. The molecule has 1 rings (SSSR count). The van der Waals surface area contributed by atoms with Crippen molar-refractivity contribution in [1.82, 2.24) is 0 Å². The third kappa shape index (κ3) is 5.71. The first-order chi connectivity index (χ1) is 9.70. The Morgan fingerprint density at radius 1 is 1.14 bits per heavy atom. The average molecular weight is 319 g/mol. The van der Waals surface area contributed by atoms with Gasteiger partial charge in [0.05, 0.1) is 28.3 Å². The summed E-state index contributed by atoms with van der Waals surface area (Å²) in [6.45, 7) is 0.0359. The smallest absolute Gasteiger partial charge is 0.317 e. The molecule has 0 saturated carbocycles. The van der Waals surface area contributed by atoms with Gasteiger partial charge in [-0.2, -0.15) is 0 Å². The highest BCUT2D eigenvalue weighted by Crippen LogP contribution is 2.31. The maximum absolute atomic E-state index is 10.8. The van der Waals surface area contributed by atoms with E-state index >= 15 is 0 Å². The van der Waals surface area contributed by atoms with Gasteiger partial charge >= 0.3 is 5.69 Å². The van der Waals surface area contributed by atoms with Crippen molar-refractivity contribution in [1.29, 1.82) is 0 Å². The van der Waals surface area contributed by atoms with E-state index in [1.165, 1.54) is 0 Å². The van der Waals surface area contributed by atoms with Crippen LogP contribution in [0, 0.1) is 20.2 Å². The van der Waals surface area contributed by atoms with E-state index in [0.717, 1.165) is 18.2 Å². The molecule has 0 heterocycles. The Bertz CT molecular complexity index is 644. The van der Waals surface area contributed by atoms with Gasteiger partial charge in [0.25, 0.3) is 5.69 Å². The number of benzene rings is 1. The molecule has 1 aromatic carbocycles. The SMILES string of the molecule is NS(=O)(=O)CCCCOc1ccc([N+](=O)[O-])cc1[N+](=O)[O-]. The van der Waals surface area contributed by atoms with Crippen molar-refractivity contribution < 1.29 is 23.0 Å². The Labute approximate surface area is 119 Å². The van der Waals surface area contributed by atoms with E-state index in [4.69, 9.17) is 9.88 Å². The van der Waals surface area contributed by atoms with Crippen molar-refractivity contribution in [2.75, 3.05) is 12.4 Å². The predicted molar refractivity (Wildman–Crippen MR) is 72.5 cm³/mol. The van der Waals surface area contributed by atoms with Crippen molar-refractivity contribution >= 4 is 21.4 Å². The lowest BCUT2D eigenvalue weighted by molar-refractivity contribution is -0.394. The van der Waals surface area contributed by atoms with Crippen molar-refractivity contribution in [3.8, 4) is 5.75 Å². The van der Waals surface area contributed by atoms with Crippen molar-refractivity contribution in [2.45, 2.75) is 12.8 Å². The molecule has 1 aromatic rings. The number of primary sulfonamides is 1. The Morgan fingerprint density at radius 2 is 1.81 bits per heavy atom. The van der Waals surface area contributed by atoms with E-state index in [1.807, 2.05) is 0 Å². The Kier molecular flexibility index (Phi) is 5.55. The maximum atomic E-state index is 10.8. The van der Waals surface area contributed by atoms with Crippen molar-refractivity contribution in [3.05, 3.63) is 38.4 Å². The zero-order chi connectivity index (χ0) is 16.0. The lowest BCUT2D eigenvalue weighted by atomic mass is 10.2. The number of ether oxygens (including phenoxy) is 1. The normalized spacial score (nSPS) is 11.1. The summed E-state index contributed by atoms with van der Waals surface area (Å²) < 4.78 is 26.5. The Hall–Kier alpha value is -2.27. The molecular weight excluding hydrogens is 306 g/mol. The highest BCUT2D eigenvalue weighted by Gasteiger charge is 2.20. The second-order valence-corrected chi connectivity index (χ2v) is 5.82. The van der Waals surface area contributed by atoms with E-state index < -0.39 is 31.2 Å². The molecule has 0 aliphatic rings. The molecule has 0 fully saturated rings. The number of unbranched alkanes of at least 4 members (excludes halogenated alkanes) is 1. The molecule has 0 aliphatic heterocycles. The van der Waals surface area contributed by atoms with Crippen LogP contribution in [0.1, 0.15) is 12.8 Å². The summed E-state index contributed by atoms with van der Waals surface area (Å²) in [5.41, 5.74) is -0.932. The van der Waals surface area contributed by atoms with Crippen LogP contribution < -0.4 is 9.88 Å². The van der Waals surface area contributed by atoms with Crippen LogP contribution in [0.5, 0.6) is 5.75 Å². The third-order valence-electron chi connectivity index (χ3n) is 2.43. The van der Waals surface area contributed by atoms with E-state index in [9.17, 15) is 28.6 Å². The Morgan fingerprint density at radius 3 is 2.33 bits per heavy atom. The summed E-state index contributed by atoms with van der Waals surface area (Å²) in [6, 6.07) is 3.03. The van der Waals surface area contributed by atoms with Gasteiger partial charge in [-0.25, -0.2) is 13.6 Å². The van der Waals surface area contributed by atoms with Crippen LogP contribution in [-0.4, -0.2) is 30.6 Å². The zero-order valence-electron chi connectivity index (χ0n) is 10.8. The monoisotopic (exact) mass is 319 g/mol. The number of nitro groups is 2. The molecule has 0 bridgehead atoms. The number of nitro benzene ring substituents is 2. The number of nitrogens with two attached hydrogens (primary N) is 1. The molecule has 0 aliphatic carbocycles. The standard InChI is InChI=1S/C10H13N3O7S/c11-21(18,19)6-2-1-5-20-10-4-3-8(12(14)15)7-9(10)13(16)17/h3-4,7H,1-2,5-6H2,(H2,11,18,19). The molecule has 0 unspecified atom stereocenters. The molecular formula is C10H13N3O7S. The minimum Gasteiger partial charge on any atom is -0.487 e. The fourth-order valence-corrected chi connectivity index (χ4v) is 2.08. The number of hydrogen-bond acceptors (Lipinski definition) is 7. The molecule has 10 nitrogen and oxygen atoms in total. The number of non-ortho nitro benzene ring substituents is 1. The van der Waals surface area contributed by atoms with Crippen molar-refractivity contribution in [2.24, 2.45) is 5.14 Å². The summed E-state index contributed by atoms with van der Waals surface area (Å²) >= 11 is 0. The summed E-state index contributed by atoms with van der Waals surface area (Å²) in [5, 5.41) is 26.2. The van der Waals surface area contributed by atoms with Gasteiger partial charge in [-0.05, 0) is 18.9 Å². The second kappa shape index (κ2) is 6.95. The van der Waals surface area contributed by atoms with Crippen LogP contribution in [0.4, 0.5) is 11.4 Å². The Balaban J connectivity index is 2.66. The third-order valence-corrected chi connectivity index (χ3v) is 3.29. The van der Waals surface area contributed by atoms with Crippen LogP contribution in [0.25, 0.3) is 0 Å². The van der Waals surface area contributed by atoms with Gasteiger partial charge in [0.1, 0.15) is 0 Å². The first-order valence-corrected chi connectivity index (χ1v) is 7.48. The zero-order valence-corrected chi connectivity index (χ0v) is 11.6. The maximum Gasteiger partial charge on any atom is 0.317 e. The van der Waals surface area contributed by atoms with E-state index in [0.29, 0.717) is 6.42 Å². The molecule has 11 heteroatoms. The second-order valence-electron chi connectivity index (χ2n) is 4.09. The minimum absolute atomic E-state index is 0.0359. The average Bonchev–Trinajstić information content (AvgIpc) is 2.36. The molecule has 0 atom stereocenters. The van der Waals surface area contributed by atoms with Crippen LogP contribution in [0.15, 0.2) is 18.2 Å². The van der Waals surface area contributed by atoms with Gasteiger partial charge < -0.3 is 4.74 Å². The van der Waals surface area contributed by atoms with Crippen LogP contribution in [0.3, 0.4) is 0 Å². The van der Waals surface area contributed by atoms with Gasteiger partial charge in [0, 0.05) is 6.07 Å². The van der Waals surface area contributed by atoms with Crippen LogP contribution in [-0.2, 0) is 10.0 Å². The minimum atomic E-state index is -3.54. The fraction of sp³-hybridized carbons (Fsp3) is 0.400. The van der Waals surface area contributed by atoms with E-state index in [1.54, 1.807) is 0 Å². The van der Waals surface area contributed by atoms with Gasteiger partial charge in [-0.3, -0.25) is 20.2 Å². The fourth-order valence-electron chi connectivity index (χ4n) is 1.47. The predicted octanol–water partition coefficient (Wildman–Crippen LogP) is 0.950. The molecule has 0 amide bonds. The van der Waals surface area contributed by atoms with E-state index in [-0.39, 0.29) is 24.5 Å². The molecule has 116 valence electrons. The lowest BCUT2D eigenvalue weighted by Gasteiger charge is -2.06. The summed E-state index contributed by atoms with van der Waals surface area (Å²) in [6.07, 6.45) is 0.574. The summed E-state index contributed by atoms with van der Waals surface area (Å²) in [7, 11) is -3.54. The molecule has 0 spiro atoms. The van der Waals surface area contributed by atoms with Crippen LogP contribution in [0.2, 0.25) is 0 Å². The quantitative estimate of drug-likeness (QED) is 0.424. The number of rotatable bonds is 8. The van der Waals surface area contributed by atoms with Gasteiger partial charge in [-0.15, -0.1) is 0 Å². The highest BCUT2D eigenvalue weighted by atomic mass is 32.2.